The zero-order valence-electron chi connectivity index (χ0n) is 30.7. The first kappa shape index (κ1) is 36.0. The largest absolute Gasteiger partial charge is 0.487 e. The first-order valence-electron chi connectivity index (χ1n) is 17.8. The van der Waals surface area contributed by atoms with Crippen molar-refractivity contribution in [1.82, 2.24) is 4.98 Å². The molecule has 7 rings (SSSR count). The molecule has 2 aromatic carbocycles. The second-order valence-corrected chi connectivity index (χ2v) is 15.7. The highest BCUT2D eigenvalue weighted by atomic mass is 16.5. The summed E-state index contributed by atoms with van der Waals surface area (Å²) in [5, 5.41) is 20.3. The average Bonchev–Trinajstić information content (AvgIpc) is 3.11. The molecule has 0 saturated carbocycles. The van der Waals surface area contributed by atoms with Crippen molar-refractivity contribution >= 4 is 11.6 Å². The van der Waals surface area contributed by atoms with Gasteiger partial charge < -0.3 is 30.4 Å². The van der Waals surface area contributed by atoms with Gasteiger partial charge in [0.1, 0.15) is 59.5 Å². The average molecular weight is 724 g/mol. The number of allylic oxidation sites excluding steroid dienone is 6. The number of Topliss-reactive ketones (excluding diaryl/α,β-unsaturated/α-hetero) is 2. The Hall–Kier alpha value is -6.33. The summed E-state index contributed by atoms with van der Waals surface area (Å²) in [6.07, 6.45) is 1.69. The number of nitriles is 2. The smallest absolute Gasteiger partial charge is 0.205 e. The van der Waals surface area contributed by atoms with E-state index in [-0.39, 0.29) is 58.5 Å². The predicted octanol–water partition coefficient (Wildman–Crippen LogP) is 7.14. The fourth-order valence-corrected chi connectivity index (χ4v) is 7.89. The lowest BCUT2D eigenvalue weighted by molar-refractivity contribution is -0.119. The van der Waals surface area contributed by atoms with Gasteiger partial charge in [-0.1, -0.05) is 70.2 Å². The number of pyridine rings is 1. The van der Waals surface area contributed by atoms with Crippen LogP contribution in [-0.2, 0) is 32.3 Å². The van der Waals surface area contributed by atoms with Crippen molar-refractivity contribution in [3.8, 4) is 23.6 Å². The maximum Gasteiger partial charge on any atom is 0.205 e. The minimum atomic E-state index is -0.726. The Balaban J connectivity index is 1.12. The van der Waals surface area contributed by atoms with Crippen LogP contribution in [0.5, 0.6) is 11.5 Å². The molecule has 2 aliphatic heterocycles. The Bertz CT molecular complexity index is 2140. The van der Waals surface area contributed by atoms with Crippen LogP contribution in [0.2, 0.25) is 0 Å². The van der Waals surface area contributed by atoms with Crippen LogP contribution in [0.3, 0.4) is 0 Å². The van der Waals surface area contributed by atoms with Crippen LogP contribution >= 0.6 is 0 Å². The number of ketones is 2. The van der Waals surface area contributed by atoms with Crippen molar-refractivity contribution in [1.29, 1.82) is 10.5 Å². The highest BCUT2D eigenvalue weighted by molar-refractivity contribution is 6.01. The van der Waals surface area contributed by atoms with Crippen LogP contribution in [0.15, 0.2) is 112 Å². The number of carbonyl (C=O) groups excluding carboxylic acids is 2. The van der Waals surface area contributed by atoms with E-state index in [1.54, 1.807) is 12.1 Å². The SMILES string of the molecule is CC1(C)CC(=O)C2=C(C1)OC(N)=C(C#N)C2c1ccccc1OCc1cccc(COc2ccccc2C2C(C#N)=C(N)OC3=C2C(=O)CC(C)(C)C3)n1. The van der Waals surface area contributed by atoms with Crippen LogP contribution in [0.25, 0.3) is 0 Å². The molecule has 0 amide bonds. The minimum Gasteiger partial charge on any atom is -0.487 e. The summed E-state index contributed by atoms with van der Waals surface area (Å²) in [6.45, 7) is 8.20. The van der Waals surface area contributed by atoms with Crippen LogP contribution < -0.4 is 20.9 Å². The predicted molar refractivity (Wildman–Crippen MR) is 197 cm³/mol. The summed E-state index contributed by atoms with van der Waals surface area (Å²) >= 11 is 0. The Morgan fingerprint density at radius 1 is 0.667 bits per heavy atom. The third-order valence-electron chi connectivity index (χ3n) is 10.2. The lowest BCUT2D eigenvalue weighted by atomic mass is 9.70. The van der Waals surface area contributed by atoms with E-state index in [0.717, 1.165) is 0 Å². The summed E-state index contributed by atoms with van der Waals surface area (Å²) < 4.78 is 24.4. The lowest BCUT2D eigenvalue weighted by Gasteiger charge is -2.37. The van der Waals surface area contributed by atoms with Crippen LogP contribution in [0, 0.1) is 33.5 Å². The second kappa shape index (κ2) is 13.9. The van der Waals surface area contributed by atoms with Gasteiger partial charge >= 0.3 is 0 Å². The highest BCUT2D eigenvalue weighted by Crippen LogP contribution is 2.51. The van der Waals surface area contributed by atoms with Crippen molar-refractivity contribution in [2.24, 2.45) is 22.3 Å². The van der Waals surface area contributed by atoms with E-state index < -0.39 is 11.8 Å². The first-order chi connectivity index (χ1) is 25.8. The Morgan fingerprint density at radius 3 is 1.48 bits per heavy atom. The molecule has 0 spiro atoms. The molecule has 54 heavy (non-hydrogen) atoms. The summed E-state index contributed by atoms with van der Waals surface area (Å²) in [6, 6.07) is 24.5. The topological polar surface area (TPSA) is 184 Å². The zero-order valence-corrected chi connectivity index (χ0v) is 30.7. The van der Waals surface area contributed by atoms with E-state index >= 15 is 0 Å². The molecule has 1 aromatic heterocycles. The van der Waals surface area contributed by atoms with Gasteiger partial charge in [-0.05, 0) is 35.1 Å². The van der Waals surface area contributed by atoms with Gasteiger partial charge in [-0.25, -0.2) is 0 Å². The molecule has 11 nitrogen and oxygen atoms in total. The summed E-state index contributed by atoms with van der Waals surface area (Å²) in [5.74, 6) is 0.328. The number of hydrogen-bond donors (Lipinski definition) is 2. The minimum absolute atomic E-state index is 0.0101. The molecule has 4 aliphatic rings. The number of aromatic nitrogens is 1. The molecular formula is C43H41N5O6. The van der Waals surface area contributed by atoms with Gasteiger partial charge in [-0.3, -0.25) is 14.6 Å². The molecule has 4 N–H and O–H groups in total. The number of rotatable bonds is 8. The van der Waals surface area contributed by atoms with Gasteiger partial charge in [0, 0.05) is 48.0 Å². The van der Waals surface area contributed by atoms with Crippen LogP contribution in [0.4, 0.5) is 0 Å². The van der Waals surface area contributed by atoms with Gasteiger partial charge in [0.25, 0.3) is 0 Å². The number of carbonyl (C=O) groups is 2. The third-order valence-corrected chi connectivity index (χ3v) is 10.2. The quantitative estimate of drug-likeness (QED) is 0.241. The fraction of sp³-hybridized carbons (Fsp3) is 0.326. The van der Waals surface area contributed by atoms with Gasteiger partial charge in [0.2, 0.25) is 11.8 Å². The standard InChI is InChI=1S/C43H41N5O6/c1-42(2)16-30(49)38-34(18-42)53-40(46)28(20-44)36(38)26-12-5-7-14-32(26)51-22-24-10-9-11-25(48-24)23-52-33-15-8-6-13-27(33)37-29(21-45)41(47)54-35-19-43(3,4)17-31(50)39(35)37/h5-15,36-37H,16-19,22-23,46-47H2,1-4H3. The van der Waals surface area contributed by atoms with Crippen molar-refractivity contribution in [3.63, 3.8) is 0 Å². The van der Waals surface area contributed by atoms with Crippen molar-refractivity contribution in [2.75, 3.05) is 0 Å². The molecule has 0 bridgehead atoms. The van der Waals surface area contributed by atoms with Gasteiger partial charge in [-0.15, -0.1) is 0 Å². The van der Waals surface area contributed by atoms with E-state index in [1.165, 1.54) is 0 Å². The van der Waals surface area contributed by atoms with Crippen LogP contribution in [-0.4, -0.2) is 16.6 Å². The van der Waals surface area contributed by atoms with Gasteiger partial charge in [0.15, 0.2) is 11.6 Å². The van der Waals surface area contributed by atoms with Crippen molar-refractivity contribution < 1.29 is 28.5 Å². The molecule has 0 fully saturated rings. The number of hydrogen-bond acceptors (Lipinski definition) is 11. The number of ether oxygens (including phenoxy) is 4. The van der Waals surface area contributed by atoms with E-state index in [4.69, 9.17) is 35.4 Å². The second-order valence-electron chi connectivity index (χ2n) is 15.7. The molecule has 3 heterocycles. The number of para-hydroxylation sites is 2. The number of benzene rings is 2. The van der Waals surface area contributed by atoms with E-state index in [0.29, 0.717) is 82.4 Å². The summed E-state index contributed by atoms with van der Waals surface area (Å²) in [4.78, 5) is 31.8. The molecule has 2 aliphatic carbocycles. The van der Waals surface area contributed by atoms with E-state index in [1.807, 2.05) is 82.3 Å². The lowest BCUT2D eigenvalue weighted by Crippen LogP contribution is -2.33. The van der Waals surface area contributed by atoms with Crippen molar-refractivity contribution in [3.05, 3.63) is 135 Å². The molecule has 2 atom stereocenters. The van der Waals surface area contributed by atoms with Crippen LogP contribution in [0.1, 0.15) is 87.7 Å². The molecule has 0 saturated heterocycles. The zero-order chi connectivity index (χ0) is 38.4. The van der Waals surface area contributed by atoms with Gasteiger partial charge in [-0.2, -0.15) is 10.5 Å². The molecule has 274 valence electrons. The first-order valence-corrected chi connectivity index (χ1v) is 17.8. The van der Waals surface area contributed by atoms with Crippen molar-refractivity contribution in [2.45, 2.75) is 78.4 Å². The summed E-state index contributed by atoms with van der Waals surface area (Å²) in [7, 11) is 0. The molecule has 2 unspecified atom stereocenters. The van der Waals surface area contributed by atoms with E-state index in [2.05, 4.69) is 12.1 Å². The summed E-state index contributed by atoms with van der Waals surface area (Å²) in [5.41, 5.74) is 15.6. The maximum absolute atomic E-state index is 13.5. The monoisotopic (exact) mass is 723 g/mol. The maximum atomic E-state index is 13.5. The molecule has 3 aromatic rings. The Morgan fingerprint density at radius 2 is 1.07 bits per heavy atom. The number of nitrogens with two attached hydrogens (primary N) is 2. The molecular weight excluding hydrogens is 683 g/mol. The molecule has 11 heteroatoms. The normalized spacial score (nSPS) is 21.7. The fourth-order valence-electron chi connectivity index (χ4n) is 7.89. The Kier molecular flexibility index (Phi) is 9.28. The Labute approximate surface area is 314 Å². The highest BCUT2D eigenvalue weighted by Gasteiger charge is 2.45. The van der Waals surface area contributed by atoms with E-state index in [9.17, 15) is 20.1 Å². The molecule has 0 radical (unpaired) electrons. The third kappa shape index (κ3) is 6.81. The number of nitrogens with zero attached hydrogens (tertiary/aromatic N) is 3. The van der Waals surface area contributed by atoms with Gasteiger partial charge in [0.05, 0.1) is 23.2 Å².